The number of aliphatic hydroxyl groups is 1. The lowest BCUT2D eigenvalue weighted by molar-refractivity contribution is 0.0252. The van der Waals surface area contributed by atoms with Gasteiger partial charge in [-0.25, -0.2) is 4.98 Å². The van der Waals surface area contributed by atoms with Gasteiger partial charge in [0.25, 0.3) is 5.91 Å². The summed E-state index contributed by atoms with van der Waals surface area (Å²) in [5.41, 5.74) is 3.57. The minimum absolute atomic E-state index is 0.0870. The van der Waals surface area contributed by atoms with Crippen LogP contribution in [0.15, 0.2) is 35.8 Å². The normalized spacial score (nSPS) is 23.8. The lowest BCUT2D eigenvalue weighted by Crippen LogP contribution is -2.48. The molecular formula is C17H20N2O2S. The number of aryl methyl sites for hydroxylation is 1. The first-order valence-electron chi connectivity index (χ1n) is 7.48. The van der Waals surface area contributed by atoms with E-state index in [1.165, 1.54) is 16.9 Å². The summed E-state index contributed by atoms with van der Waals surface area (Å²) in [5.74, 6) is 0.395. The van der Waals surface area contributed by atoms with Crippen LogP contribution >= 0.6 is 11.3 Å². The van der Waals surface area contributed by atoms with E-state index in [9.17, 15) is 9.90 Å². The summed E-state index contributed by atoms with van der Waals surface area (Å²) >= 11 is 1.35. The van der Waals surface area contributed by atoms with Gasteiger partial charge in [0.2, 0.25) is 0 Å². The first kappa shape index (κ1) is 15.2. The largest absolute Gasteiger partial charge is 0.396 e. The van der Waals surface area contributed by atoms with Crippen molar-refractivity contribution >= 4 is 17.2 Å². The van der Waals surface area contributed by atoms with Crippen LogP contribution in [0.1, 0.15) is 39.7 Å². The molecule has 1 aliphatic carbocycles. The molecule has 0 unspecified atom stereocenters. The Morgan fingerprint density at radius 2 is 2.14 bits per heavy atom. The highest BCUT2D eigenvalue weighted by Crippen LogP contribution is 2.50. The smallest absolute Gasteiger partial charge is 0.263 e. The maximum atomic E-state index is 12.2. The van der Waals surface area contributed by atoms with Gasteiger partial charge in [-0.2, -0.15) is 0 Å². The van der Waals surface area contributed by atoms with Gasteiger partial charge < -0.3 is 10.4 Å². The Balaban J connectivity index is 1.58. The molecular weight excluding hydrogens is 296 g/mol. The quantitative estimate of drug-likeness (QED) is 0.891. The number of carbonyl (C=O) groups is 1. The molecule has 0 aliphatic heterocycles. The number of nitrogens with zero attached hydrogens (tertiary/aromatic N) is 1. The van der Waals surface area contributed by atoms with E-state index < -0.39 is 0 Å². The number of hydrogen-bond donors (Lipinski definition) is 2. The molecule has 0 saturated heterocycles. The van der Waals surface area contributed by atoms with E-state index in [2.05, 4.69) is 22.4 Å². The fourth-order valence-electron chi connectivity index (χ4n) is 3.14. The zero-order valence-corrected chi connectivity index (χ0v) is 13.4. The Morgan fingerprint density at radius 3 is 2.73 bits per heavy atom. The Kier molecular flexibility index (Phi) is 4.27. The summed E-state index contributed by atoms with van der Waals surface area (Å²) in [5, 5.41) is 12.7. The first-order valence-corrected chi connectivity index (χ1v) is 8.36. The molecule has 116 valence electrons. The first-order chi connectivity index (χ1) is 10.6. The fourth-order valence-corrected chi connectivity index (χ4v) is 3.86. The summed E-state index contributed by atoms with van der Waals surface area (Å²) in [6.07, 6.45) is 1.82. The second-order valence-corrected chi connectivity index (χ2v) is 6.98. The molecule has 0 bridgehead atoms. The third-order valence-corrected chi connectivity index (χ3v) is 5.47. The molecule has 2 N–H and O–H groups in total. The third kappa shape index (κ3) is 2.91. The second kappa shape index (κ2) is 6.18. The zero-order valence-electron chi connectivity index (χ0n) is 12.6. The number of carbonyl (C=O) groups excluding carboxylic acids is 1. The summed E-state index contributed by atoms with van der Waals surface area (Å²) in [4.78, 5) is 16.9. The highest BCUT2D eigenvalue weighted by Gasteiger charge is 2.44. The van der Waals surface area contributed by atoms with E-state index >= 15 is 0 Å². The van der Waals surface area contributed by atoms with Crippen molar-refractivity contribution in [3.05, 3.63) is 52.0 Å². The Hall–Kier alpha value is -1.72. The minimum atomic E-state index is -0.186. The molecule has 1 aromatic heterocycles. The van der Waals surface area contributed by atoms with Gasteiger partial charge in [0.1, 0.15) is 4.88 Å². The van der Waals surface area contributed by atoms with Crippen LogP contribution in [0.2, 0.25) is 0 Å². The van der Waals surface area contributed by atoms with E-state index in [1.807, 2.05) is 25.1 Å². The number of nitrogens with one attached hydrogen (secondary N) is 1. The van der Waals surface area contributed by atoms with Gasteiger partial charge in [-0.05, 0) is 31.2 Å². The molecule has 0 spiro atoms. The number of aromatic nitrogens is 1. The Morgan fingerprint density at radius 1 is 1.41 bits per heavy atom. The fraction of sp³-hybridized carbons (Fsp3) is 0.412. The zero-order chi connectivity index (χ0) is 15.6. The SMILES string of the molecule is Cc1ncsc1C(=O)NCC1(CO)CC(c2ccccc2)C1. The molecule has 1 amide bonds. The Labute approximate surface area is 134 Å². The second-order valence-electron chi connectivity index (χ2n) is 6.12. The number of aliphatic hydroxyl groups excluding tert-OH is 1. The summed E-state index contributed by atoms with van der Waals surface area (Å²) in [7, 11) is 0. The molecule has 1 saturated carbocycles. The lowest BCUT2D eigenvalue weighted by atomic mass is 9.60. The van der Waals surface area contributed by atoms with Crippen LogP contribution in [0.3, 0.4) is 0 Å². The van der Waals surface area contributed by atoms with Crippen molar-refractivity contribution in [3.63, 3.8) is 0 Å². The minimum Gasteiger partial charge on any atom is -0.396 e. The molecule has 1 fully saturated rings. The monoisotopic (exact) mass is 316 g/mol. The maximum Gasteiger partial charge on any atom is 0.263 e. The molecule has 1 aromatic carbocycles. The average molecular weight is 316 g/mol. The molecule has 1 heterocycles. The van der Waals surface area contributed by atoms with Crippen LogP contribution in [0.25, 0.3) is 0 Å². The van der Waals surface area contributed by atoms with E-state index in [4.69, 9.17) is 0 Å². The van der Waals surface area contributed by atoms with Gasteiger partial charge >= 0.3 is 0 Å². The molecule has 1 aliphatic rings. The van der Waals surface area contributed by atoms with Crippen LogP contribution in [0.5, 0.6) is 0 Å². The highest BCUT2D eigenvalue weighted by molar-refractivity contribution is 7.11. The van der Waals surface area contributed by atoms with Crippen molar-refractivity contribution in [3.8, 4) is 0 Å². The standard InChI is InChI=1S/C17H20N2O2S/c1-12-15(22-11-19-12)16(21)18-9-17(10-20)7-14(8-17)13-5-3-2-4-6-13/h2-6,11,14,20H,7-10H2,1H3,(H,18,21). The molecule has 22 heavy (non-hydrogen) atoms. The van der Waals surface area contributed by atoms with Crippen molar-refractivity contribution < 1.29 is 9.90 Å². The van der Waals surface area contributed by atoms with Crippen molar-refractivity contribution in [1.82, 2.24) is 10.3 Å². The van der Waals surface area contributed by atoms with Crippen LogP contribution in [-0.2, 0) is 0 Å². The molecule has 5 heteroatoms. The van der Waals surface area contributed by atoms with E-state index in [0.717, 1.165) is 18.5 Å². The topological polar surface area (TPSA) is 62.2 Å². The van der Waals surface area contributed by atoms with Crippen LogP contribution in [0, 0.1) is 12.3 Å². The molecule has 0 atom stereocenters. The van der Waals surface area contributed by atoms with Gasteiger partial charge in [-0.3, -0.25) is 4.79 Å². The van der Waals surface area contributed by atoms with Crippen molar-refractivity contribution in [2.75, 3.05) is 13.2 Å². The van der Waals surface area contributed by atoms with Crippen molar-refractivity contribution in [1.29, 1.82) is 0 Å². The van der Waals surface area contributed by atoms with E-state index in [1.54, 1.807) is 5.51 Å². The summed E-state index contributed by atoms with van der Waals surface area (Å²) < 4.78 is 0. The van der Waals surface area contributed by atoms with Gasteiger partial charge in [-0.1, -0.05) is 30.3 Å². The molecule has 2 aromatic rings. The maximum absolute atomic E-state index is 12.2. The van der Waals surface area contributed by atoms with Gasteiger partial charge in [0, 0.05) is 12.0 Å². The van der Waals surface area contributed by atoms with Crippen LogP contribution in [0.4, 0.5) is 0 Å². The number of hydrogen-bond acceptors (Lipinski definition) is 4. The van der Waals surface area contributed by atoms with Gasteiger partial charge in [0.05, 0.1) is 17.8 Å². The predicted octanol–water partition coefficient (Wildman–Crippen LogP) is 2.74. The van der Waals surface area contributed by atoms with Gasteiger partial charge in [0.15, 0.2) is 0 Å². The number of benzene rings is 1. The van der Waals surface area contributed by atoms with E-state index in [0.29, 0.717) is 17.3 Å². The number of thiazole rings is 1. The number of rotatable bonds is 5. The summed E-state index contributed by atoms with van der Waals surface area (Å²) in [6.45, 7) is 2.46. The average Bonchev–Trinajstić information content (AvgIpc) is 2.93. The third-order valence-electron chi connectivity index (χ3n) is 4.54. The molecule has 0 radical (unpaired) electrons. The lowest BCUT2D eigenvalue weighted by Gasteiger charge is -2.47. The van der Waals surface area contributed by atoms with Crippen LogP contribution < -0.4 is 5.32 Å². The van der Waals surface area contributed by atoms with Crippen LogP contribution in [-0.4, -0.2) is 29.1 Å². The highest BCUT2D eigenvalue weighted by atomic mass is 32.1. The Bertz CT molecular complexity index is 648. The summed E-state index contributed by atoms with van der Waals surface area (Å²) in [6, 6.07) is 10.4. The van der Waals surface area contributed by atoms with E-state index in [-0.39, 0.29) is 17.9 Å². The number of amides is 1. The predicted molar refractivity (Wildman–Crippen MR) is 87.1 cm³/mol. The van der Waals surface area contributed by atoms with Crippen molar-refractivity contribution in [2.24, 2.45) is 5.41 Å². The van der Waals surface area contributed by atoms with Gasteiger partial charge in [-0.15, -0.1) is 11.3 Å². The molecule has 3 rings (SSSR count). The molecule has 4 nitrogen and oxygen atoms in total. The van der Waals surface area contributed by atoms with Crippen molar-refractivity contribution in [2.45, 2.75) is 25.7 Å².